The summed E-state index contributed by atoms with van der Waals surface area (Å²) in [7, 11) is 2.69. The molecule has 0 saturated carbocycles. The maximum Gasteiger partial charge on any atom is 1.00 e. The number of carboxylic acids is 1. The summed E-state index contributed by atoms with van der Waals surface area (Å²) < 4.78 is 42.4. The molecule has 0 heterocycles. The van der Waals surface area contributed by atoms with Crippen molar-refractivity contribution in [1.29, 1.82) is 0 Å². The number of esters is 2. The number of hydrogen-bond acceptors (Lipinski definition) is 15. The molecule has 106 heavy (non-hydrogen) atoms. The molecule has 8 aromatic rings. The fourth-order valence-electron chi connectivity index (χ4n) is 8.58. The van der Waals surface area contributed by atoms with Crippen molar-refractivity contribution in [1.82, 2.24) is 0 Å². The average molecular weight is 1590 g/mol. The first-order valence-corrected chi connectivity index (χ1v) is 36.6. The summed E-state index contributed by atoms with van der Waals surface area (Å²) in [5.74, 6) is 3.93. The van der Waals surface area contributed by atoms with E-state index in [-0.39, 0.29) is 115 Å². The normalized spacial score (nSPS) is 9.42. The van der Waals surface area contributed by atoms with Crippen LogP contribution in [0.4, 0.5) is 0 Å². The fourth-order valence-corrected chi connectivity index (χ4v) is 8.58. The maximum atomic E-state index is 11.2. The second-order valence-electron chi connectivity index (χ2n) is 23.5. The van der Waals surface area contributed by atoms with Crippen LogP contribution < -0.4 is 79.8 Å². The van der Waals surface area contributed by atoms with E-state index >= 15 is 0 Å². The third-order valence-corrected chi connectivity index (χ3v) is 14.6. The van der Waals surface area contributed by atoms with Crippen LogP contribution in [0.25, 0.3) is 0 Å². The molecule has 0 spiro atoms. The first kappa shape index (κ1) is 105. The molecule has 0 aliphatic heterocycles. The number of benzene rings is 8. The molecule has 0 aromatic heterocycles. The molecule has 0 fully saturated rings. The van der Waals surface area contributed by atoms with Crippen molar-refractivity contribution in [2.45, 2.75) is 197 Å². The second-order valence-corrected chi connectivity index (χ2v) is 23.5. The molecule has 0 radical (unpaired) electrons. The predicted molar refractivity (Wildman–Crippen MR) is 425 cm³/mol. The number of phenolic OH excluding ortho intramolecular Hbond substituents is 3. The van der Waals surface area contributed by atoms with Gasteiger partial charge in [0.05, 0.1) is 57.3 Å². The van der Waals surface area contributed by atoms with Crippen LogP contribution in [0.2, 0.25) is 0 Å². The standard InChI is InChI=1S/C18H22O2.C13H18O3.C13H12O2.C12H16O3.C11H16O2.C8H8O3.2C6H14.CH3.K.H2O.Pd.H2/c1-2-3-7-14-19-17-10-12-18(13-11-17)20-15-16-8-5-4-6-9-16;1-3-4-5-10-16-12-8-6-11(7-9-12)13(14)15-2;14-12-6-8-13(9-7-12)15-10-11-4-2-1-3-5-11;1-2-3-4-9-15-11-7-5-10(6-8-11)12(13)14;1-2-3-4-9-13-11-7-5-10(12)6-8-11;1-11-8(10)6-2-4-7(9)5-3-6;2*1-3-5-6-4-2;;;;;/h4-6,8-13H,2-3,7,14-15H2,1H3;6-9H,3-5,10H2,1-2H3;1-9,14H,10H2;5-8H,2-4,9H2,1H3,(H,13,14);5-8,12H,2-4,9H2,1H3;2-5,9H,1H3;2*3-6H2,1-2H3;1H3;;1H2;;1H/q;;;;;;;;-1;+1;;;/p-1. The molecule has 0 aliphatic carbocycles. The minimum atomic E-state index is -0.910. The van der Waals surface area contributed by atoms with E-state index in [1.807, 2.05) is 72.8 Å². The Hall–Kier alpha value is -7.37. The Labute approximate surface area is 694 Å². The van der Waals surface area contributed by atoms with Gasteiger partial charge in [0.15, 0.2) is 0 Å². The first-order valence-electron chi connectivity index (χ1n) is 36.6. The molecular weight excluding hydrogens is 1460 g/mol. The van der Waals surface area contributed by atoms with Crippen LogP contribution in [-0.2, 0) is 43.1 Å². The van der Waals surface area contributed by atoms with Gasteiger partial charge in [-0.05, 0) is 182 Å². The summed E-state index contributed by atoms with van der Waals surface area (Å²) in [4.78, 5) is 32.6. The van der Waals surface area contributed by atoms with Crippen LogP contribution in [0.5, 0.6) is 51.7 Å². The second kappa shape index (κ2) is 73.2. The fraction of sp³-hybridized carbons (Fsp3) is 0.409. The summed E-state index contributed by atoms with van der Waals surface area (Å²) in [6.07, 6.45) is 24.9. The number of unbranched alkanes of at least 4 members (excludes halogenated alkanes) is 14. The van der Waals surface area contributed by atoms with E-state index < -0.39 is 11.9 Å². The zero-order valence-corrected chi connectivity index (χ0v) is 70.2. The van der Waals surface area contributed by atoms with Gasteiger partial charge >= 0.3 is 69.3 Å². The van der Waals surface area contributed by atoms with E-state index in [9.17, 15) is 14.4 Å². The molecule has 18 heteroatoms. The van der Waals surface area contributed by atoms with Crippen LogP contribution in [0, 0.1) is 7.43 Å². The molecular formula is C88H126KO16Pd-. The van der Waals surface area contributed by atoms with Gasteiger partial charge in [-0.3, -0.25) is 0 Å². The predicted octanol–water partition coefficient (Wildman–Crippen LogP) is 20.6. The summed E-state index contributed by atoms with van der Waals surface area (Å²) in [5, 5.41) is 35.6. The molecule has 16 nitrogen and oxygen atoms in total. The number of hydrogen-bond donors (Lipinski definition) is 4. The summed E-state index contributed by atoms with van der Waals surface area (Å²) in [6.45, 7) is 21.7. The number of rotatable bonds is 35. The molecule has 0 bridgehead atoms. The number of carbonyl (C=O) groups excluding carboxylic acids is 2. The third kappa shape index (κ3) is 56.9. The van der Waals surface area contributed by atoms with E-state index in [0.29, 0.717) is 30.9 Å². The zero-order chi connectivity index (χ0) is 74.9. The van der Waals surface area contributed by atoms with Gasteiger partial charge in [0.25, 0.3) is 0 Å². The first-order chi connectivity index (χ1) is 49.6. The van der Waals surface area contributed by atoms with Gasteiger partial charge in [-0.2, -0.15) is 0 Å². The Morgan fingerprint density at radius 1 is 0.302 bits per heavy atom. The minimum absolute atomic E-state index is 0. The number of carboxylic acid groups (broad SMARTS) is 1. The van der Waals surface area contributed by atoms with Gasteiger partial charge in [-0.1, -0.05) is 219 Å². The molecule has 0 amide bonds. The quantitative estimate of drug-likeness (QED) is 0.0125. The number of aromatic hydroxyl groups is 3. The molecule has 0 atom stereocenters. The molecule has 0 aliphatic rings. The van der Waals surface area contributed by atoms with E-state index in [2.05, 4.69) is 77.0 Å². The van der Waals surface area contributed by atoms with Gasteiger partial charge in [-0.15, -0.1) is 0 Å². The topological polar surface area (TPSA) is 236 Å². The van der Waals surface area contributed by atoms with Crippen LogP contribution in [0.3, 0.4) is 0 Å². The van der Waals surface area contributed by atoms with E-state index in [0.717, 1.165) is 92.0 Å². The van der Waals surface area contributed by atoms with Gasteiger partial charge in [0.2, 0.25) is 0 Å². The van der Waals surface area contributed by atoms with E-state index in [1.165, 1.54) is 140 Å². The Bertz CT molecular complexity index is 3230. The van der Waals surface area contributed by atoms with Crippen molar-refractivity contribution in [3.8, 4) is 51.7 Å². The van der Waals surface area contributed by atoms with Crippen molar-refractivity contribution in [2.75, 3.05) is 40.6 Å². The Kier molecular flexibility index (Phi) is 72.5. The smallest absolute Gasteiger partial charge is 0.870 e. The van der Waals surface area contributed by atoms with Crippen molar-refractivity contribution < 1.29 is 151 Å². The number of methoxy groups -OCH3 is 2. The van der Waals surface area contributed by atoms with Gasteiger partial charge in [-0.25, -0.2) is 14.4 Å². The Balaban J connectivity index is -0.000000376. The van der Waals surface area contributed by atoms with E-state index in [1.54, 1.807) is 97.1 Å². The van der Waals surface area contributed by atoms with E-state index in [4.69, 9.17) is 48.8 Å². The molecule has 8 aromatic carbocycles. The summed E-state index contributed by atoms with van der Waals surface area (Å²) in [5.41, 5.74) is 3.57. The van der Waals surface area contributed by atoms with Crippen LogP contribution in [-0.4, -0.2) is 84.5 Å². The number of carbonyl (C=O) groups is 3. The van der Waals surface area contributed by atoms with Gasteiger partial charge in [0, 0.05) is 21.8 Å². The van der Waals surface area contributed by atoms with Crippen molar-refractivity contribution in [2.24, 2.45) is 0 Å². The average Bonchev–Trinajstić information content (AvgIpc) is 0.924. The van der Waals surface area contributed by atoms with Crippen LogP contribution in [0.1, 0.15) is 227 Å². The molecule has 0 unspecified atom stereocenters. The molecule has 586 valence electrons. The zero-order valence-electron chi connectivity index (χ0n) is 65.6. The SMILES string of the molecule is CCCCCC.CCCCCC.CCCCCOc1ccc(C(=O)O)cc1.CCCCCOc1ccc(C(=O)OC)cc1.CCCCCOc1ccc(O)cc1.CCCCCOc1ccc(OCc2ccccc2)cc1.COC(=O)c1ccc(O)cc1.Oc1ccc(OCc2ccccc2)cc1.[CH3-].[HH].[K+].[OH-].[Pd]. The number of aromatic carboxylic acids is 1. The maximum absolute atomic E-state index is 11.2. The number of ether oxygens (including phenoxy) is 8. The third-order valence-electron chi connectivity index (χ3n) is 14.6. The molecule has 8 rings (SSSR count). The Morgan fingerprint density at radius 3 is 0.736 bits per heavy atom. The van der Waals surface area contributed by atoms with Gasteiger partial charge < -0.3 is 71.2 Å². The Morgan fingerprint density at radius 2 is 0.500 bits per heavy atom. The number of phenols is 3. The van der Waals surface area contributed by atoms with Crippen molar-refractivity contribution in [3.05, 3.63) is 242 Å². The minimum Gasteiger partial charge on any atom is -0.870 e. The summed E-state index contributed by atoms with van der Waals surface area (Å²) in [6, 6.07) is 60.9. The largest absolute Gasteiger partial charge is 1.00 e. The molecule has 5 N–H and O–H groups in total. The van der Waals surface area contributed by atoms with Gasteiger partial charge in [0.1, 0.15) is 65.0 Å². The monoisotopic (exact) mass is 1580 g/mol. The van der Waals surface area contributed by atoms with Crippen molar-refractivity contribution >= 4 is 17.9 Å². The summed E-state index contributed by atoms with van der Waals surface area (Å²) >= 11 is 0. The van der Waals surface area contributed by atoms with Crippen LogP contribution >= 0.6 is 0 Å². The van der Waals surface area contributed by atoms with Crippen LogP contribution in [0.15, 0.2) is 206 Å². The van der Waals surface area contributed by atoms with Crippen molar-refractivity contribution in [3.63, 3.8) is 0 Å². The molecule has 0 saturated heterocycles.